The first kappa shape index (κ1) is 19.5. The van der Waals surface area contributed by atoms with Crippen LogP contribution in [0.5, 0.6) is 0 Å². The van der Waals surface area contributed by atoms with E-state index in [4.69, 9.17) is 0 Å². The van der Waals surface area contributed by atoms with Gasteiger partial charge in [0.2, 0.25) is 10.0 Å². The molecule has 7 heteroatoms. The summed E-state index contributed by atoms with van der Waals surface area (Å²) in [5, 5.41) is 2.67. The van der Waals surface area contributed by atoms with E-state index in [9.17, 15) is 17.6 Å². The zero-order chi connectivity index (χ0) is 19.4. The number of nitrogens with one attached hydrogen (secondary N) is 1. The first-order valence-electron chi connectivity index (χ1n) is 9.02. The largest absolute Gasteiger partial charge is 0.348 e. The lowest BCUT2D eigenvalue weighted by Crippen LogP contribution is -2.35. The second kappa shape index (κ2) is 8.19. The van der Waals surface area contributed by atoms with E-state index < -0.39 is 21.7 Å². The van der Waals surface area contributed by atoms with Crippen LogP contribution in [0.15, 0.2) is 47.4 Å². The molecule has 27 heavy (non-hydrogen) atoms. The van der Waals surface area contributed by atoms with Gasteiger partial charge in [0, 0.05) is 30.8 Å². The van der Waals surface area contributed by atoms with E-state index in [1.807, 2.05) is 0 Å². The van der Waals surface area contributed by atoms with Crippen molar-refractivity contribution in [2.75, 3.05) is 13.1 Å². The zero-order valence-electron chi connectivity index (χ0n) is 15.2. The molecule has 0 atom stereocenters. The smallest absolute Gasteiger partial charge is 0.251 e. The molecule has 1 N–H and O–H groups in total. The molecule has 3 rings (SSSR count). The van der Waals surface area contributed by atoms with E-state index in [0.717, 1.165) is 19.3 Å². The van der Waals surface area contributed by atoms with Gasteiger partial charge >= 0.3 is 0 Å². The summed E-state index contributed by atoms with van der Waals surface area (Å²) in [5.74, 6) is -0.817. The monoisotopic (exact) mass is 390 g/mol. The van der Waals surface area contributed by atoms with Crippen molar-refractivity contribution in [1.82, 2.24) is 9.62 Å². The molecule has 0 spiro atoms. The molecular formula is C20H23FN2O3S. The van der Waals surface area contributed by atoms with Gasteiger partial charge in [-0.25, -0.2) is 12.8 Å². The van der Waals surface area contributed by atoms with Gasteiger partial charge in [-0.3, -0.25) is 4.79 Å². The number of amides is 1. The summed E-state index contributed by atoms with van der Waals surface area (Å²) in [7, 11) is -3.62. The van der Waals surface area contributed by atoms with E-state index in [1.165, 1.54) is 22.5 Å². The van der Waals surface area contributed by atoms with E-state index in [2.05, 4.69) is 5.32 Å². The van der Waals surface area contributed by atoms with Crippen molar-refractivity contribution >= 4 is 15.9 Å². The van der Waals surface area contributed by atoms with Crippen LogP contribution in [0.4, 0.5) is 4.39 Å². The number of sulfonamides is 1. The molecule has 0 aromatic heterocycles. The Labute approximate surface area is 159 Å². The van der Waals surface area contributed by atoms with Crippen LogP contribution in [0.25, 0.3) is 0 Å². The van der Waals surface area contributed by atoms with Gasteiger partial charge in [0.05, 0.1) is 4.90 Å². The Balaban J connectivity index is 1.80. The summed E-state index contributed by atoms with van der Waals surface area (Å²) in [4.78, 5) is 12.7. The molecule has 0 radical (unpaired) electrons. The molecule has 0 bridgehead atoms. The predicted octanol–water partition coefficient (Wildman–Crippen LogP) is 3.24. The van der Waals surface area contributed by atoms with E-state index in [1.54, 1.807) is 31.2 Å². The summed E-state index contributed by atoms with van der Waals surface area (Å²) in [6, 6.07) is 10.8. The molecule has 144 valence electrons. The van der Waals surface area contributed by atoms with Crippen molar-refractivity contribution in [3.8, 4) is 0 Å². The number of nitrogens with zero attached hydrogens (tertiary/aromatic N) is 1. The van der Waals surface area contributed by atoms with Crippen LogP contribution in [-0.2, 0) is 16.6 Å². The Kier molecular flexibility index (Phi) is 5.92. The zero-order valence-corrected chi connectivity index (χ0v) is 16.1. The van der Waals surface area contributed by atoms with Crippen LogP contribution < -0.4 is 5.32 Å². The van der Waals surface area contributed by atoms with Crippen LogP contribution >= 0.6 is 0 Å². The molecule has 0 saturated carbocycles. The predicted molar refractivity (Wildman–Crippen MR) is 101 cm³/mol. The minimum Gasteiger partial charge on any atom is -0.348 e. The number of carbonyl (C=O) groups excluding carboxylic acids is 1. The normalized spacial score (nSPS) is 15.5. The molecule has 2 aromatic carbocycles. The van der Waals surface area contributed by atoms with Crippen molar-refractivity contribution in [3.05, 3.63) is 65.0 Å². The Hall–Kier alpha value is -2.25. The average Bonchev–Trinajstić information content (AvgIpc) is 2.68. The standard InChI is InChI=1S/C20H23FN2O3S/c1-15-9-10-17(27(25,26)23-11-5-2-6-12-23)13-18(15)20(24)22-14-16-7-3-4-8-19(16)21/h3-4,7-10,13H,2,5-6,11-12,14H2,1H3,(H,22,24). The number of carbonyl (C=O) groups is 1. The van der Waals surface area contributed by atoms with Gasteiger partial charge in [-0.15, -0.1) is 0 Å². The minimum atomic E-state index is -3.62. The molecule has 5 nitrogen and oxygen atoms in total. The Morgan fingerprint density at radius 1 is 1.11 bits per heavy atom. The fourth-order valence-corrected chi connectivity index (χ4v) is 4.72. The van der Waals surface area contributed by atoms with Crippen molar-refractivity contribution in [1.29, 1.82) is 0 Å². The van der Waals surface area contributed by atoms with E-state index in [-0.39, 0.29) is 17.0 Å². The van der Waals surface area contributed by atoms with Crippen LogP contribution in [0.3, 0.4) is 0 Å². The third-order valence-corrected chi connectivity index (χ3v) is 6.70. The first-order chi connectivity index (χ1) is 12.9. The number of halogens is 1. The fraction of sp³-hybridized carbons (Fsp3) is 0.350. The Morgan fingerprint density at radius 2 is 1.81 bits per heavy atom. The lowest BCUT2D eigenvalue weighted by atomic mass is 10.1. The molecular weight excluding hydrogens is 367 g/mol. The lowest BCUT2D eigenvalue weighted by molar-refractivity contribution is 0.0949. The minimum absolute atomic E-state index is 0.0358. The molecule has 1 heterocycles. The van der Waals surface area contributed by atoms with Crippen molar-refractivity contribution in [2.24, 2.45) is 0 Å². The number of benzene rings is 2. The highest BCUT2D eigenvalue weighted by molar-refractivity contribution is 7.89. The van der Waals surface area contributed by atoms with Gasteiger partial charge < -0.3 is 5.32 Å². The second-order valence-electron chi connectivity index (χ2n) is 6.72. The van der Waals surface area contributed by atoms with E-state index >= 15 is 0 Å². The Bertz CT molecular complexity index is 938. The second-order valence-corrected chi connectivity index (χ2v) is 8.65. The topological polar surface area (TPSA) is 66.5 Å². The van der Waals surface area contributed by atoms with Crippen LogP contribution in [-0.4, -0.2) is 31.7 Å². The molecule has 1 fully saturated rings. The SMILES string of the molecule is Cc1ccc(S(=O)(=O)N2CCCCC2)cc1C(=O)NCc1ccccc1F. The summed E-state index contributed by atoms with van der Waals surface area (Å²) >= 11 is 0. The van der Waals surface area contributed by atoms with Crippen molar-refractivity contribution in [3.63, 3.8) is 0 Å². The molecule has 1 aliphatic rings. The Morgan fingerprint density at radius 3 is 2.52 bits per heavy atom. The van der Waals surface area contributed by atoms with Crippen LogP contribution in [0, 0.1) is 12.7 Å². The highest BCUT2D eigenvalue weighted by atomic mass is 32.2. The van der Waals surface area contributed by atoms with Gasteiger partial charge in [-0.2, -0.15) is 4.31 Å². The molecule has 0 unspecified atom stereocenters. The quantitative estimate of drug-likeness (QED) is 0.852. The molecule has 1 saturated heterocycles. The molecule has 1 amide bonds. The number of hydrogen-bond acceptors (Lipinski definition) is 3. The summed E-state index contributed by atoms with van der Waals surface area (Å²) in [6.45, 7) is 2.79. The molecule has 2 aromatic rings. The summed E-state index contributed by atoms with van der Waals surface area (Å²) in [5.41, 5.74) is 1.32. The van der Waals surface area contributed by atoms with Gasteiger partial charge in [0.25, 0.3) is 5.91 Å². The van der Waals surface area contributed by atoms with Crippen molar-refractivity contribution in [2.45, 2.75) is 37.6 Å². The number of aryl methyl sites for hydroxylation is 1. The third-order valence-electron chi connectivity index (χ3n) is 4.80. The highest BCUT2D eigenvalue weighted by Crippen LogP contribution is 2.23. The third kappa shape index (κ3) is 4.36. The van der Waals surface area contributed by atoms with Gasteiger partial charge in [0.1, 0.15) is 5.82 Å². The molecule has 0 aliphatic carbocycles. The maximum atomic E-state index is 13.7. The van der Waals surface area contributed by atoms with Gasteiger partial charge in [-0.1, -0.05) is 30.7 Å². The summed E-state index contributed by atoms with van der Waals surface area (Å²) < 4.78 is 40.9. The van der Waals surface area contributed by atoms with Crippen LogP contribution in [0.2, 0.25) is 0 Å². The van der Waals surface area contributed by atoms with Gasteiger partial charge in [-0.05, 0) is 43.5 Å². The maximum absolute atomic E-state index is 13.7. The average molecular weight is 390 g/mol. The van der Waals surface area contributed by atoms with Gasteiger partial charge in [0.15, 0.2) is 0 Å². The molecule has 1 aliphatic heterocycles. The number of rotatable bonds is 5. The number of hydrogen-bond donors (Lipinski definition) is 1. The van der Waals surface area contributed by atoms with E-state index in [0.29, 0.717) is 24.2 Å². The van der Waals surface area contributed by atoms with Crippen molar-refractivity contribution < 1.29 is 17.6 Å². The number of piperidine rings is 1. The fourth-order valence-electron chi connectivity index (χ4n) is 3.17. The summed E-state index contributed by atoms with van der Waals surface area (Å²) in [6.07, 6.45) is 2.73. The highest BCUT2D eigenvalue weighted by Gasteiger charge is 2.27. The lowest BCUT2D eigenvalue weighted by Gasteiger charge is -2.26. The maximum Gasteiger partial charge on any atom is 0.251 e. The first-order valence-corrected chi connectivity index (χ1v) is 10.5. The van der Waals surface area contributed by atoms with Crippen LogP contribution in [0.1, 0.15) is 40.7 Å².